The van der Waals surface area contributed by atoms with Crippen LogP contribution in [-0.4, -0.2) is 21.3 Å². The first-order valence-electron chi connectivity index (χ1n) is 7.17. The van der Waals surface area contributed by atoms with Crippen molar-refractivity contribution in [2.24, 2.45) is 0 Å². The van der Waals surface area contributed by atoms with Gasteiger partial charge in [0.25, 0.3) is 0 Å². The van der Waals surface area contributed by atoms with E-state index >= 15 is 0 Å². The average Bonchev–Trinajstić information content (AvgIpc) is 2.84. The number of rotatable bonds is 4. The van der Waals surface area contributed by atoms with Gasteiger partial charge in [0.1, 0.15) is 17.5 Å². The van der Waals surface area contributed by atoms with Crippen LogP contribution in [0.2, 0.25) is 0 Å². The molecule has 1 aliphatic rings. The first kappa shape index (κ1) is 13.2. The summed E-state index contributed by atoms with van der Waals surface area (Å²) in [6, 6.07) is 6.98. The molecule has 0 amide bonds. The van der Waals surface area contributed by atoms with E-state index in [1.807, 2.05) is 6.07 Å². The fourth-order valence-electron chi connectivity index (χ4n) is 2.77. The molecule has 5 heteroatoms. The van der Waals surface area contributed by atoms with Crippen molar-refractivity contribution >= 4 is 0 Å². The predicted molar refractivity (Wildman–Crippen MR) is 74.9 cm³/mol. The Bertz CT molecular complexity index is 593. The van der Waals surface area contributed by atoms with Gasteiger partial charge < -0.3 is 9.88 Å². The molecule has 1 atom stereocenters. The zero-order valence-electron chi connectivity index (χ0n) is 11.6. The highest BCUT2D eigenvalue weighted by Gasteiger charge is 2.23. The summed E-state index contributed by atoms with van der Waals surface area (Å²) in [6.45, 7) is 3.99. The van der Waals surface area contributed by atoms with Gasteiger partial charge in [-0.15, -0.1) is 10.2 Å². The van der Waals surface area contributed by atoms with Crippen LogP contribution in [0.5, 0.6) is 0 Å². The molecule has 0 saturated carbocycles. The third-order valence-corrected chi connectivity index (χ3v) is 3.72. The average molecular weight is 274 g/mol. The largest absolute Gasteiger partial charge is 0.312 e. The molecule has 0 spiro atoms. The molecular formula is C15H19FN4. The van der Waals surface area contributed by atoms with Gasteiger partial charge in [0, 0.05) is 19.5 Å². The van der Waals surface area contributed by atoms with E-state index in [4.69, 9.17) is 0 Å². The Labute approximate surface area is 118 Å². The summed E-state index contributed by atoms with van der Waals surface area (Å²) in [5.41, 5.74) is 0.936. The van der Waals surface area contributed by atoms with Gasteiger partial charge in [0.05, 0.1) is 6.04 Å². The third-order valence-electron chi connectivity index (χ3n) is 3.72. The molecule has 1 aliphatic heterocycles. The maximum absolute atomic E-state index is 13.2. The number of hydrogen-bond donors (Lipinski definition) is 1. The van der Waals surface area contributed by atoms with Crippen molar-refractivity contribution in [2.75, 3.05) is 6.54 Å². The van der Waals surface area contributed by atoms with E-state index in [1.165, 1.54) is 6.07 Å². The van der Waals surface area contributed by atoms with Crippen LogP contribution in [-0.2, 0) is 13.0 Å². The van der Waals surface area contributed by atoms with Crippen molar-refractivity contribution in [1.29, 1.82) is 0 Å². The highest BCUT2D eigenvalue weighted by atomic mass is 19.1. The lowest BCUT2D eigenvalue weighted by molar-refractivity contribution is 0.388. The SMILES string of the molecule is CCCC1NCCn2c(Cc3cccc(F)c3)nnc21. The summed E-state index contributed by atoms with van der Waals surface area (Å²) < 4.78 is 15.4. The summed E-state index contributed by atoms with van der Waals surface area (Å²) in [7, 11) is 0. The number of nitrogens with zero attached hydrogens (tertiary/aromatic N) is 3. The van der Waals surface area contributed by atoms with Gasteiger partial charge >= 0.3 is 0 Å². The Morgan fingerprint density at radius 3 is 3.10 bits per heavy atom. The van der Waals surface area contributed by atoms with Gasteiger partial charge in [-0.05, 0) is 24.1 Å². The van der Waals surface area contributed by atoms with Crippen LogP contribution in [0, 0.1) is 5.82 Å². The molecule has 106 valence electrons. The maximum Gasteiger partial charge on any atom is 0.150 e. The van der Waals surface area contributed by atoms with Crippen LogP contribution in [0.15, 0.2) is 24.3 Å². The molecule has 1 N–H and O–H groups in total. The second-order valence-corrected chi connectivity index (χ2v) is 5.23. The van der Waals surface area contributed by atoms with Gasteiger partial charge in [-0.25, -0.2) is 4.39 Å². The van der Waals surface area contributed by atoms with Gasteiger partial charge in [0.2, 0.25) is 0 Å². The highest BCUT2D eigenvalue weighted by molar-refractivity contribution is 5.21. The highest BCUT2D eigenvalue weighted by Crippen LogP contribution is 2.22. The minimum Gasteiger partial charge on any atom is -0.312 e. The van der Waals surface area contributed by atoms with E-state index in [2.05, 4.69) is 27.0 Å². The lowest BCUT2D eigenvalue weighted by Crippen LogP contribution is -2.34. The zero-order valence-corrected chi connectivity index (χ0v) is 11.6. The van der Waals surface area contributed by atoms with Gasteiger partial charge in [-0.3, -0.25) is 0 Å². The molecule has 3 rings (SSSR count). The van der Waals surface area contributed by atoms with Crippen LogP contribution in [0.3, 0.4) is 0 Å². The fraction of sp³-hybridized carbons (Fsp3) is 0.467. The van der Waals surface area contributed by atoms with Crippen LogP contribution in [0.25, 0.3) is 0 Å². The number of aromatic nitrogens is 3. The summed E-state index contributed by atoms with van der Waals surface area (Å²) >= 11 is 0. The van der Waals surface area contributed by atoms with Gasteiger partial charge in [0.15, 0.2) is 0 Å². The minimum absolute atomic E-state index is 0.202. The summed E-state index contributed by atoms with van der Waals surface area (Å²) in [6.07, 6.45) is 2.81. The van der Waals surface area contributed by atoms with E-state index in [9.17, 15) is 4.39 Å². The summed E-state index contributed by atoms with van der Waals surface area (Å²) in [5.74, 6) is 1.74. The van der Waals surface area contributed by atoms with Gasteiger partial charge in [-0.2, -0.15) is 0 Å². The Kier molecular flexibility index (Phi) is 3.78. The normalized spacial score (nSPS) is 18.0. The minimum atomic E-state index is -0.202. The molecule has 0 bridgehead atoms. The Balaban J connectivity index is 1.85. The van der Waals surface area contributed by atoms with Crippen LogP contribution < -0.4 is 5.32 Å². The van der Waals surface area contributed by atoms with E-state index in [0.717, 1.165) is 43.1 Å². The fourth-order valence-corrected chi connectivity index (χ4v) is 2.77. The van der Waals surface area contributed by atoms with Crippen molar-refractivity contribution < 1.29 is 4.39 Å². The van der Waals surface area contributed by atoms with Gasteiger partial charge in [-0.1, -0.05) is 25.5 Å². The van der Waals surface area contributed by atoms with Crippen molar-refractivity contribution in [3.63, 3.8) is 0 Å². The molecule has 2 aromatic rings. The molecule has 1 aromatic heterocycles. The molecular weight excluding hydrogens is 255 g/mol. The van der Waals surface area contributed by atoms with Crippen LogP contribution in [0.1, 0.15) is 43.0 Å². The van der Waals surface area contributed by atoms with E-state index in [0.29, 0.717) is 12.5 Å². The maximum atomic E-state index is 13.2. The molecule has 1 aromatic carbocycles. The molecule has 2 heterocycles. The van der Waals surface area contributed by atoms with E-state index in [-0.39, 0.29) is 5.82 Å². The molecule has 1 unspecified atom stereocenters. The van der Waals surface area contributed by atoms with Crippen molar-refractivity contribution in [2.45, 2.75) is 38.8 Å². The number of benzene rings is 1. The number of nitrogens with one attached hydrogen (secondary N) is 1. The quantitative estimate of drug-likeness (QED) is 0.931. The van der Waals surface area contributed by atoms with Crippen LogP contribution in [0.4, 0.5) is 4.39 Å². The summed E-state index contributed by atoms with van der Waals surface area (Å²) in [4.78, 5) is 0. The zero-order chi connectivity index (χ0) is 13.9. The Hall–Kier alpha value is -1.75. The first-order chi connectivity index (χ1) is 9.78. The molecule has 4 nitrogen and oxygen atoms in total. The predicted octanol–water partition coefficient (Wildman–Crippen LogP) is 2.45. The lowest BCUT2D eigenvalue weighted by Gasteiger charge is -2.24. The summed E-state index contributed by atoms with van der Waals surface area (Å²) in [5, 5.41) is 12.1. The van der Waals surface area contributed by atoms with Crippen molar-refractivity contribution in [3.05, 3.63) is 47.3 Å². The lowest BCUT2D eigenvalue weighted by atomic mass is 10.1. The standard InChI is InChI=1S/C15H19FN4/c1-2-4-13-15-19-18-14(20(15)8-7-17-13)10-11-5-3-6-12(16)9-11/h3,5-6,9,13,17H,2,4,7-8,10H2,1H3. The second kappa shape index (κ2) is 5.71. The monoisotopic (exact) mass is 274 g/mol. The number of hydrogen-bond acceptors (Lipinski definition) is 3. The number of fused-ring (bicyclic) bond motifs is 1. The smallest absolute Gasteiger partial charge is 0.150 e. The third kappa shape index (κ3) is 2.58. The van der Waals surface area contributed by atoms with Crippen molar-refractivity contribution in [1.82, 2.24) is 20.1 Å². The molecule has 0 fully saturated rings. The Morgan fingerprint density at radius 1 is 1.40 bits per heavy atom. The van der Waals surface area contributed by atoms with E-state index in [1.54, 1.807) is 12.1 Å². The van der Waals surface area contributed by atoms with Crippen molar-refractivity contribution in [3.8, 4) is 0 Å². The molecule has 0 aliphatic carbocycles. The van der Waals surface area contributed by atoms with Crippen LogP contribution >= 0.6 is 0 Å². The molecule has 0 radical (unpaired) electrons. The first-order valence-corrected chi connectivity index (χ1v) is 7.17. The second-order valence-electron chi connectivity index (χ2n) is 5.23. The topological polar surface area (TPSA) is 42.7 Å². The number of halogens is 1. The Morgan fingerprint density at radius 2 is 2.30 bits per heavy atom. The molecule has 0 saturated heterocycles. The molecule has 20 heavy (non-hydrogen) atoms. The van der Waals surface area contributed by atoms with E-state index < -0.39 is 0 Å².